The lowest BCUT2D eigenvalue weighted by molar-refractivity contribution is -0.384. The molecule has 8 nitrogen and oxygen atoms in total. The monoisotopic (exact) mass is 429 g/mol. The largest absolute Gasteiger partial charge is 0.489 e. The number of carbonyl (C=O) groups excluding carboxylic acids is 2. The number of nitro groups is 1. The van der Waals surface area contributed by atoms with E-state index in [1.54, 1.807) is 42.5 Å². The molecule has 1 heterocycles. The Hall–Kier alpha value is -4.46. The van der Waals surface area contributed by atoms with Gasteiger partial charge in [0, 0.05) is 12.1 Å². The van der Waals surface area contributed by atoms with Crippen molar-refractivity contribution < 1.29 is 19.2 Å². The zero-order chi connectivity index (χ0) is 22.5. The predicted molar refractivity (Wildman–Crippen MR) is 117 cm³/mol. The van der Waals surface area contributed by atoms with E-state index < -0.39 is 11.0 Å². The fourth-order valence-corrected chi connectivity index (χ4v) is 3.23. The minimum Gasteiger partial charge on any atom is -0.489 e. The van der Waals surface area contributed by atoms with Crippen LogP contribution >= 0.6 is 0 Å². The Kier molecular flexibility index (Phi) is 5.94. The second kappa shape index (κ2) is 9.13. The smallest absolute Gasteiger partial charge is 0.329 e. The Bertz CT molecular complexity index is 1190. The molecule has 3 aromatic carbocycles. The van der Waals surface area contributed by atoms with Crippen molar-refractivity contribution in [2.45, 2.75) is 13.2 Å². The lowest BCUT2D eigenvalue weighted by Crippen LogP contribution is -2.30. The van der Waals surface area contributed by atoms with Crippen molar-refractivity contribution in [3.8, 4) is 5.75 Å². The summed E-state index contributed by atoms with van der Waals surface area (Å²) in [5, 5.41) is 13.5. The number of nitrogens with zero attached hydrogens (tertiary/aromatic N) is 2. The summed E-state index contributed by atoms with van der Waals surface area (Å²) in [5.41, 5.74) is 2.48. The molecular weight excluding hydrogens is 410 g/mol. The summed E-state index contributed by atoms with van der Waals surface area (Å²) in [6, 6.07) is 22.1. The van der Waals surface area contributed by atoms with Crippen LogP contribution < -0.4 is 10.1 Å². The maximum atomic E-state index is 12.6. The summed E-state index contributed by atoms with van der Waals surface area (Å²) in [6.07, 6.45) is 1.61. The van der Waals surface area contributed by atoms with Crippen LogP contribution in [0.3, 0.4) is 0 Å². The molecule has 0 aliphatic carbocycles. The quantitative estimate of drug-likeness (QED) is 0.262. The van der Waals surface area contributed by atoms with Gasteiger partial charge in [-0.05, 0) is 34.9 Å². The summed E-state index contributed by atoms with van der Waals surface area (Å²) < 4.78 is 5.69. The van der Waals surface area contributed by atoms with Gasteiger partial charge in [0.25, 0.3) is 11.6 Å². The lowest BCUT2D eigenvalue weighted by atomic mass is 10.1. The number of benzene rings is 3. The van der Waals surface area contributed by atoms with E-state index in [1.165, 1.54) is 12.1 Å². The SMILES string of the molecule is O=C1N/C(=C/c2ccc(OCc3cccc([N+](=O)[O-])c3)cc2)C(=O)N1Cc1ccccc1. The molecule has 3 amide bonds. The highest BCUT2D eigenvalue weighted by Crippen LogP contribution is 2.20. The Labute approximate surface area is 183 Å². The van der Waals surface area contributed by atoms with Crippen molar-refractivity contribution in [1.82, 2.24) is 10.2 Å². The van der Waals surface area contributed by atoms with Crippen LogP contribution in [-0.2, 0) is 17.9 Å². The Balaban J connectivity index is 1.39. The summed E-state index contributed by atoms with van der Waals surface area (Å²) in [6.45, 7) is 0.387. The normalized spacial score (nSPS) is 14.5. The lowest BCUT2D eigenvalue weighted by Gasteiger charge is -2.11. The number of amides is 3. The molecule has 8 heteroatoms. The van der Waals surface area contributed by atoms with Crippen LogP contribution in [-0.4, -0.2) is 21.8 Å². The van der Waals surface area contributed by atoms with Crippen LogP contribution in [0.15, 0.2) is 84.6 Å². The highest BCUT2D eigenvalue weighted by atomic mass is 16.6. The molecule has 160 valence electrons. The number of ether oxygens (including phenoxy) is 1. The van der Waals surface area contributed by atoms with Gasteiger partial charge >= 0.3 is 6.03 Å². The third-order valence-corrected chi connectivity index (χ3v) is 4.86. The number of hydrogen-bond donors (Lipinski definition) is 1. The van der Waals surface area contributed by atoms with E-state index >= 15 is 0 Å². The van der Waals surface area contributed by atoms with Crippen LogP contribution in [0, 0.1) is 10.1 Å². The number of nitro benzene ring substituents is 1. The molecule has 0 aromatic heterocycles. The fraction of sp³-hybridized carbons (Fsp3) is 0.0833. The van der Waals surface area contributed by atoms with Crippen LogP contribution in [0.1, 0.15) is 16.7 Å². The summed E-state index contributed by atoms with van der Waals surface area (Å²) >= 11 is 0. The van der Waals surface area contributed by atoms with Gasteiger partial charge in [-0.25, -0.2) is 4.79 Å². The first-order valence-electron chi connectivity index (χ1n) is 9.84. The van der Waals surface area contributed by atoms with Gasteiger partial charge in [0.05, 0.1) is 11.5 Å². The van der Waals surface area contributed by atoms with Crippen molar-refractivity contribution in [1.29, 1.82) is 0 Å². The van der Waals surface area contributed by atoms with E-state index in [0.717, 1.165) is 16.0 Å². The molecule has 32 heavy (non-hydrogen) atoms. The Morgan fingerprint density at radius 1 is 0.938 bits per heavy atom. The molecular formula is C24H19N3O5. The van der Waals surface area contributed by atoms with E-state index in [2.05, 4.69) is 5.32 Å². The first-order valence-corrected chi connectivity index (χ1v) is 9.84. The van der Waals surface area contributed by atoms with Crippen LogP contribution in [0.4, 0.5) is 10.5 Å². The molecule has 0 radical (unpaired) electrons. The molecule has 1 saturated heterocycles. The maximum absolute atomic E-state index is 12.6. The first kappa shape index (κ1) is 20.8. The number of rotatable bonds is 7. The number of imide groups is 1. The van der Waals surface area contributed by atoms with Gasteiger partial charge in [0.2, 0.25) is 0 Å². The van der Waals surface area contributed by atoms with Crippen molar-refractivity contribution in [2.75, 3.05) is 0 Å². The number of hydrogen-bond acceptors (Lipinski definition) is 5. The second-order valence-corrected chi connectivity index (χ2v) is 7.15. The van der Waals surface area contributed by atoms with Crippen molar-refractivity contribution in [3.05, 3.63) is 111 Å². The molecule has 3 aromatic rings. The Morgan fingerprint density at radius 2 is 1.66 bits per heavy atom. The molecule has 0 bridgehead atoms. The summed E-state index contributed by atoms with van der Waals surface area (Å²) in [4.78, 5) is 36.4. The average Bonchev–Trinajstić information content (AvgIpc) is 3.07. The third-order valence-electron chi connectivity index (χ3n) is 4.86. The van der Waals surface area contributed by atoms with Gasteiger partial charge < -0.3 is 10.1 Å². The maximum Gasteiger partial charge on any atom is 0.329 e. The van der Waals surface area contributed by atoms with Gasteiger partial charge in [-0.1, -0.05) is 54.6 Å². The zero-order valence-electron chi connectivity index (χ0n) is 16.9. The number of non-ortho nitro benzene ring substituents is 1. The van der Waals surface area contributed by atoms with Gasteiger partial charge in [-0.2, -0.15) is 0 Å². The number of carbonyl (C=O) groups is 2. The van der Waals surface area contributed by atoms with Crippen molar-refractivity contribution >= 4 is 23.7 Å². The number of nitrogens with one attached hydrogen (secondary N) is 1. The van der Waals surface area contributed by atoms with Crippen molar-refractivity contribution in [3.63, 3.8) is 0 Å². The minimum absolute atomic E-state index is 0.0117. The average molecular weight is 429 g/mol. The topological polar surface area (TPSA) is 102 Å². The third kappa shape index (κ3) is 4.81. The fourth-order valence-electron chi connectivity index (χ4n) is 3.23. The summed E-state index contributed by atoms with van der Waals surface area (Å²) in [7, 11) is 0. The van der Waals surface area contributed by atoms with Gasteiger partial charge in [0.1, 0.15) is 18.1 Å². The van der Waals surface area contributed by atoms with Gasteiger partial charge in [0.15, 0.2) is 0 Å². The van der Waals surface area contributed by atoms with E-state index in [1.807, 2.05) is 30.3 Å². The zero-order valence-corrected chi connectivity index (χ0v) is 16.9. The van der Waals surface area contributed by atoms with Crippen LogP contribution in [0.25, 0.3) is 6.08 Å². The highest BCUT2D eigenvalue weighted by molar-refractivity contribution is 6.13. The molecule has 1 aliphatic rings. The molecule has 1 N–H and O–H groups in total. The standard InChI is InChI=1S/C24H19N3O5/c28-23-22(25-24(29)26(23)15-18-5-2-1-3-6-18)14-17-9-11-21(12-10-17)32-16-19-7-4-8-20(13-19)27(30)31/h1-14H,15-16H2,(H,25,29)/b22-14+. The van der Waals surface area contributed by atoms with E-state index in [-0.39, 0.29) is 30.4 Å². The summed E-state index contributed by atoms with van der Waals surface area (Å²) in [5.74, 6) is 0.191. The molecule has 1 fully saturated rings. The predicted octanol–water partition coefficient (Wildman–Crippen LogP) is 4.27. The van der Waals surface area contributed by atoms with Gasteiger partial charge in [-0.15, -0.1) is 0 Å². The van der Waals surface area contributed by atoms with E-state index in [4.69, 9.17) is 4.74 Å². The number of urea groups is 1. The molecule has 0 unspecified atom stereocenters. The molecule has 0 spiro atoms. The van der Waals surface area contributed by atoms with Crippen LogP contribution in [0.5, 0.6) is 5.75 Å². The van der Waals surface area contributed by atoms with Crippen molar-refractivity contribution in [2.24, 2.45) is 0 Å². The first-order chi connectivity index (χ1) is 15.5. The minimum atomic E-state index is -0.456. The molecule has 0 atom stereocenters. The van der Waals surface area contributed by atoms with Gasteiger partial charge in [-0.3, -0.25) is 19.8 Å². The molecule has 0 saturated carbocycles. The second-order valence-electron chi connectivity index (χ2n) is 7.15. The molecule has 4 rings (SSSR count). The molecule has 1 aliphatic heterocycles. The highest BCUT2D eigenvalue weighted by Gasteiger charge is 2.33. The Morgan fingerprint density at radius 3 is 2.38 bits per heavy atom. The van der Waals surface area contributed by atoms with Crippen LogP contribution in [0.2, 0.25) is 0 Å². The van der Waals surface area contributed by atoms with E-state index in [9.17, 15) is 19.7 Å². The van der Waals surface area contributed by atoms with E-state index in [0.29, 0.717) is 11.3 Å².